The molecule has 7 aromatic carbocycles. The number of fused-ring (bicyclic) bond motifs is 4. The molecule has 1 aromatic heterocycles. The van der Waals surface area contributed by atoms with Gasteiger partial charge in [0.2, 0.25) is 0 Å². The molecule has 0 saturated carbocycles. The zero-order chi connectivity index (χ0) is 46.7. The number of aliphatic hydroxyl groups excluding tert-OH is 1. The summed E-state index contributed by atoms with van der Waals surface area (Å²) in [6, 6.07) is 27.2. The maximum absolute atomic E-state index is 12.6. The first-order chi connectivity index (χ1) is 30.8. The Morgan fingerprint density at radius 2 is 1.14 bits per heavy atom. The number of hydrogen-bond donors (Lipinski definition) is 3. The lowest BCUT2D eigenvalue weighted by Gasteiger charge is -2.29. The largest absolute Gasteiger partial charge is 0.508 e. The van der Waals surface area contributed by atoms with Crippen molar-refractivity contribution in [2.24, 2.45) is 0 Å². The SMILES string of the molecule is B/C(Cc1c2c(O)c(B)c(B)c(B)c2c(-c2ccc(-n3c(-c4ccccc4)nc4ccccc43)cc2)c2c(B)c(B)c(B)c(O)c12)=C1/C(=C(/O)C#C)c2c(B)c(B)c(B)c(B)c2C1(C)C. The zero-order valence-corrected chi connectivity index (χ0v) is 40.0. The van der Waals surface area contributed by atoms with E-state index in [-0.39, 0.29) is 17.3 Å². The number of phenols is 2. The second kappa shape index (κ2) is 15.7. The van der Waals surface area contributed by atoms with Crippen LogP contribution < -0.4 is 54.6 Å². The molecule has 0 unspecified atom stereocenters. The Bertz CT molecular complexity index is 3460. The van der Waals surface area contributed by atoms with Gasteiger partial charge in [-0.15, -0.1) is 22.8 Å². The van der Waals surface area contributed by atoms with Crippen molar-refractivity contribution in [3.05, 3.63) is 112 Å². The lowest BCUT2D eigenvalue weighted by Crippen LogP contribution is -2.51. The van der Waals surface area contributed by atoms with Gasteiger partial charge in [0.25, 0.3) is 0 Å². The number of aliphatic hydroxyl groups is 1. The van der Waals surface area contributed by atoms with E-state index in [0.717, 1.165) is 121 Å². The number of hydrogen-bond acceptors (Lipinski definition) is 4. The Labute approximate surface area is 392 Å². The summed E-state index contributed by atoms with van der Waals surface area (Å²) in [5.41, 5.74) is 21.6. The summed E-state index contributed by atoms with van der Waals surface area (Å²) in [6.45, 7) is 4.45. The summed E-state index contributed by atoms with van der Waals surface area (Å²) in [7, 11) is 23.2. The minimum absolute atomic E-state index is 0.0830. The number of benzene rings is 7. The quantitative estimate of drug-likeness (QED) is 0.0699. The van der Waals surface area contributed by atoms with Crippen LogP contribution in [0.4, 0.5) is 0 Å². The van der Waals surface area contributed by atoms with Crippen molar-refractivity contribution in [2.75, 3.05) is 0 Å². The normalized spacial score (nSPS) is 14.8. The molecule has 1 aliphatic carbocycles. The van der Waals surface area contributed by atoms with E-state index in [0.29, 0.717) is 12.0 Å². The molecule has 5 nitrogen and oxygen atoms in total. The fraction of sp³-hybridized carbons (Fsp3) is 0.0816. The lowest BCUT2D eigenvalue weighted by molar-refractivity contribution is 0.441. The molecule has 0 bridgehead atoms. The third kappa shape index (κ3) is 6.29. The molecule has 304 valence electrons. The number of nitrogens with zero attached hydrogens (tertiary/aromatic N) is 2. The van der Waals surface area contributed by atoms with Crippen LogP contribution in [0.3, 0.4) is 0 Å². The van der Waals surface area contributed by atoms with Gasteiger partial charge < -0.3 is 15.3 Å². The molecule has 0 amide bonds. The molecule has 0 spiro atoms. The number of terminal acetylenes is 1. The van der Waals surface area contributed by atoms with Crippen LogP contribution in [-0.4, -0.2) is 111 Å². The summed E-state index contributed by atoms with van der Waals surface area (Å²) in [5, 5.41) is 40.3. The summed E-state index contributed by atoms with van der Waals surface area (Å²) < 4.78 is 2.22. The smallest absolute Gasteiger partial charge is 0.175 e. The first-order valence-electron chi connectivity index (χ1n) is 22.6. The second-order valence-corrected chi connectivity index (χ2v) is 19.0. The summed E-state index contributed by atoms with van der Waals surface area (Å²) in [4.78, 5) is 5.10. The summed E-state index contributed by atoms with van der Waals surface area (Å²) in [6.07, 6.45) is 6.45. The Morgan fingerprint density at radius 3 is 1.71 bits per heavy atom. The summed E-state index contributed by atoms with van der Waals surface area (Å²) >= 11 is 0. The molecule has 0 aliphatic heterocycles. The zero-order valence-electron chi connectivity index (χ0n) is 40.0. The highest BCUT2D eigenvalue weighted by Gasteiger charge is 2.43. The highest BCUT2D eigenvalue weighted by atomic mass is 16.3. The number of aromatic hydroxyl groups is 2. The van der Waals surface area contributed by atoms with Gasteiger partial charge in [0.15, 0.2) is 5.76 Å². The Balaban J connectivity index is 1.37. The van der Waals surface area contributed by atoms with Crippen LogP contribution in [0, 0.1) is 12.3 Å². The maximum Gasteiger partial charge on any atom is 0.175 e. The summed E-state index contributed by atoms with van der Waals surface area (Å²) in [5.74, 6) is 3.80. The lowest BCUT2D eigenvalue weighted by atomic mass is 9.61. The van der Waals surface area contributed by atoms with E-state index in [2.05, 4.69) is 143 Å². The number of allylic oxidation sites excluding steroid dienone is 4. The Kier molecular flexibility index (Phi) is 10.6. The van der Waals surface area contributed by atoms with E-state index in [9.17, 15) is 15.3 Å². The van der Waals surface area contributed by atoms with Crippen LogP contribution in [0.15, 0.2) is 95.7 Å². The molecule has 16 heteroatoms. The fourth-order valence-electron chi connectivity index (χ4n) is 11.4. The van der Waals surface area contributed by atoms with Crippen LogP contribution >= 0.6 is 0 Å². The number of imidazole rings is 1. The predicted octanol–water partition coefficient (Wildman–Crippen LogP) is -7.02. The topological polar surface area (TPSA) is 78.5 Å². The maximum atomic E-state index is 12.6. The van der Waals surface area contributed by atoms with Crippen molar-refractivity contribution in [3.8, 4) is 52.0 Å². The molecule has 1 heterocycles. The van der Waals surface area contributed by atoms with E-state index in [4.69, 9.17) is 11.4 Å². The average Bonchev–Trinajstić information content (AvgIpc) is 3.82. The van der Waals surface area contributed by atoms with E-state index in [1.807, 2.05) is 46.0 Å². The Hall–Kier alpha value is -6.32. The highest BCUT2D eigenvalue weighted by molar-refractivity contribution is 6.66. The molecule has 0 atom stereocenters. The van der Waals surface area contributed by atoms with Crippen LogP contribution in [0.2, 0.25) is 0 Å². The molecule has 3 N–H and O–H groups in total. The molecule has 0 radical (unpaired) electrons. The van der Waals surface area contributed by atoms with Gasteiger partial charge >= 0.3 is 0 Å². The van der Waals surface area contributed by atoms with Crippen LogP contribution in [0.5, 0.6) is 11.5 Å². The van der Waals surface area contributed by atoms with Gasteiger partial charge in [0, 0.05) is 33.0 Å². The molecule has 8 aromatic rings. The first kappa shape index (κ1) is 43.9. The van der Waals surface area contributed by atoms with Crippen molar-refractivity contribution in [1.29, 1.82) is 0 Å². The fourth-order valence-corrected chi connectivity index (χ4v) is 11.4. The number of phenolic OH excluding ortho intramolecular Hbond substituents is 2. The highest BCUT2D eigenvalue weighted by Crippen LogP contribution is 2.51. The number of rotatable bonds is 5. The van der Waals surface area contributed by atoms with Gasteiger partial charge in [-0.25, -0.2) is 4.98 Å². The third-order valence-corrected chi connectivity index (χ3v) is 15.5. The van der Waals surface area contributed by atoms with Crippen LogP contribution in [0.25, 0.3) is 66.4 Å². The third-order valence-electron chi connectivity index (χ3n) is 15.5. The molecular formula is C49H47B11N2O3. The van der Waals surface area contributed by atoms with Crippen LogP contribution in [0.1, 0.15) is 30.5 Å². The predicted molar refractivity (Wildman–Crippen MR) is 309 cm³/mol. The number of aromatic nitrogens is 2. The van der Waals surface area contributed by atoms with Gasteiger partial charge in [0.05, 0.1) is 11.0 Å². The van der Waals surface area contributed by atoms with Crippen molar-refractivity contribution >= 4 is 179 Å². The van der Waals surface area contributed by atoms with E-state index < -0.39 is 5.41 Å². The van der Waals surface area contributed by atoms with E-state index >= 15 is 0 Å². The second-order valence-electron chi connectivity index (χ2n) is 19.0. The standard InChI is InChI=1S/C49H47B11N2O3/c1-4-26(63)30-33-35(39(54)43(58)40(55)38(33)53)49(2,3)34(30)23(50)18-22-28-31(36(51)41(56)44(59)46(28)64)27(32-29(22)47(65)45(60)42(57)37(32)52)19-14-16-21(17-15-19)62-25-13-9-8-12-24(25)61-48(62)20-10-6-5-7-11-20/h1,5-17,63-65H,18,50-60H2,2-3H3/b30-26+,34-23-. The average molecular weight is 831 g/mol. The van der Waals surface area contributed by atoms with Gasteiger partial charge in [-0.2, -0.15) is 0 Å². The molecule has 9 rings (SSSR count). The minimum atomic E-state index is -0.518. The Morgan fingerprint density at radius 1 is 0.615 bits per heavy atom. The van der Waals surface area contributed by atoms with Crippen molar-refractivity contribution in [2.45, 2.75) is 25.7 Å². The molecule has 65 heavy (non-hydrogen) atoms. The molecule has 0 fully saturated rings. The van der Waals surface area contributed by atoms with Crippen LogP contribution in [-0.2, 0) is 11.8 Å². The van der Waals surface area contributed by atoms with Crippen molar-refractivity contribution < 1.29 is 15.3 Å². The van der Waals surface area contributed by atoms with E-state index in [1.54, 1.807) is 0 Å². The van der Waals surface area contributed by atoms with Crippen molar-refractivity contribution in [1.82, 2.24) is 9.55 Å². The first-order valence-corrected chi connectivity index (χ1v) is 22.6. The van der Waals surface area contributed by atoms with E-state index in [1.165, 1.54) is 22.0 Å². The van der Waals surface area contributed by atoms with Gasteiger partial charge in [0.1, 0.15) is 104 Å². The molecule has 1 aliphatic rings. The van der Waals surface area contributed by atoms with Crippen molar-refractivity contribution in [3.63, 3.8) is 0 Å². The molecule has 0 saturated heterocycles. The number of para-hydroxylation sites is 2. The minimum Gasteiger partial charge on any atom is -0.508 e. The monoisotopic (exact) mass is 832 g/mol. The van der Waals surface area contributed by atoms with Gasteiger partial charge in [-0.1, -0.05) is 112 Å². The van der Waals surface area contributed by atoms with Gasteiger partial charge in [-0.3, -0.25) is 4.57 Å². The van der Waals surface area contributed by atoms with Gasteiger partial charge in [-0.05, 0) is 80.8 Å². The molecular weight excluding hydrogens is 783 g/mol.